The summed E-state index contributed by atoms with van der Waals surface area (Å²) in [6.07, 6.45) is 2.30. The number of nitrogens with zero attached hydrogens (tertiary/aromatic N) is 2. The molecule has 19 heavy (non-hydrogen) atoms. The molecule has 3 nitrogen and oxygen atoms in total. The molecule has 1 heterocycles. The lowest BCUT2D eigenvalue weighted by atomic mass is 10.0. The second kappa shape index (κ2) is 6.07. The standard InChI is InChI=1S/C14H20ClN3S/c1-17-8-6-10(7-9-17)18(2)12-5-3-4-11(15)13(12)14(16)19/h3-5,10H,6-9H2,1-2H3,(H2,16,19). The molecule has 1 saturated heterocycles. The van der Waals surface area contributed by atoms with Gasteiger partial charge in [0.25, 0.3) is 0 Å². The minimum Gasteiger partial charge on any atom is -0.389 e. The molecule has 0 spiro atoms. The Balaban J connectivity index is 2.26. The zero-order valence-corrected chi connectivity index (χ0v) is 13.0. The van der Waals surface area contributed by atoms with E-state index in [0.717, 1.165) is 37.2 Å². The van der Waals surface area contributed by atoms with Crippen LogP contribution in [0.3, 0.4) is 0 Å². The Morgan fingerprint density at radius 3 is 2.63 bits per heavy atom. The Bertz CT molecular complexity index is 470. The number of thiocarbonyl (C=S) groups is 1. The first-order valence-corrected chi connectivity index (χ1v) is 7.29. The summed E-state index contributed by atoms with van der Waals surface area (Å²) < 4.78 is 0. The summed E-state index contributed by atoms with van der Waals surface area (Å²) >= 11 is 11.4. The first-order valence-electron chi connectivity index (χ1n) is 6.50. The summed E-state index contributed by atoms with van der Waals surface area (Å²) in [5.41, 5.74) is 7.65. The van der Waals surface area contributed by atoms with Gasteiger partial charge < -0.3 is 15.5 Å². The first-order chi connectivity index (χ1) is 9.00. The average molecular weight is 298 g/mol. The number of benzene rings is 1. The summed E-state index contributed by atoms with van der Waals surface area (Å²) in [5.74, 6) is 0. The van der Waals surface area contributed by atoms with Gasteiger partial charge in [0.1, 0.15) is 4.99 Å². The van der Waals surface area contributed by atoms with Crippen LogP contribution in [0.1, 0.15) is 18.4 Å². The lowest BCUT2D eigenvalue weighted by Gasteiger charge is -2.37. The van der Waals surface area contributed by atoms with Gasteiger partial charge in [-0.2, -0.15) is 0 Å². The van der Waals surface area contributed by atoms with Crippen LogP contribution in [0.2, 0.25) is 5.02 Å². The van der Waals surface area contributed by atoms with E-state index in [1.807, 2.05) is 18.2 Å². The number of hydrogen-bond acceptors (Lipinski definition) is 3. The van der Waals surface area contributed by atoms with E-state index in [1.54, 1.807) is 0 Å². The lowest BCUT2D eigenvalue weighted by molar-refractivity contribution is 0.253. The van der Waals surface area contributed by atoms with Crippen molar-refractivity contribution in [1.82, 2.24) is 4.90 Å². The molecule has 0 unspecified atom stereocenters. The van der Waals surface area contributed by atoms with Crippen molar-refractivity contribution in [2.24, 2.45) is 5.73 Å². The molecule has 2 rings (SSSR count). The molecule has 1 aliphatic heterocycles. The van der Waals surface area contributed by atoms with E-state index in [9.17, 15) is 0 Å². The largest absolute Gasteiger partial charge is 0.389 e. The van der Waals surface area contributed by atoms with Crippen molar-refractivity contribution in [3.8, 4) is 0 Å². The zero-order valence-electron chi connectivity index (χ0n) is 11.4. The van der Waals surface area contributed by atoms with Crippen molar-refractivity contribution in [2.45, 2.75) is 18.9 Å². The van der Waals surface area contributed by atoms with Crippen molar-refractivity contribution in [1.29, 1.82) is 0 Å². The molecule has 2 N–H and O–H groups in total. The summed E-state index contributed by atoms with van der Waals surface area (Å²) in [6, 6.07) is 6.34. The van der Waals surface area contributed by atoms with E-state index in [2.05, 4.69) is 23.9 Å². The molecular weight excluding hydrogens is 278 g/mol. The molecule has 0 aromatic heterocycles. The van der Waals surface area contributed by atoms with Gasteiger partial charge in [-0.15, -0.1) is 0 Å². The van der Waals surface area contributed by atoms with Crippen LogP contribution in [0, 0.1) is 0 Å². The summed E-state index contributed by atoms with van der Waals surface area (Å²) in [4.78, 5) is 4.99. The second-order valence-corrected chi connectivity index (χ2v) is 5.99. The van der Waals surface area contributed by atoms with Crippen LogP contribution in [-0.2, 0) is 0 Å². The maximum Gasteiger partial charge on any atom is 0.107 e. The van der Waals surface area contributed by atoms with E-state index in [1.165, 1.54) is 0 Å². The molecule has 104 valence electrons. The normalized spacial score (nSPS) is 17.4. The van der Waals surface area contributed by atoms with Gasteiger partial charge in [-0.05, 0) is 45.1 Å². The topological polar surface area (TPSA) is 32.5 Å². The molecule has 0 bridgehead atoms. The number of rotatable bonds is 3. The highest BCUT2D eigenvalue weighted by Gasteiger charge is 2.23. The highest BCUT2D eigenvalue weighted by molar-refractivity contribution is 7.80. The van der Waals surface area contributed by atoms with Crippen LogP contribution in [0.5, 0.6) is 0 Å². The Kier molecular flexibility index (Phi) is 4.66. The van der Waals surface area contributed by atoms with Gasteiger partial charge in [-0.1, -0.05) is 29.9 Å². The third-order valence-electron chi connectivity index (χ3n) is 3.85. The Morgan fingerprint density at radius 2 is 2.05 bits per heavy atom. The highest BCUT2D eigenvalue weighted by atomic mass is 35.5. The van der Waals surface area contributed by atoms with E-state index in [4.69, 9.17) is 29.6 Å². The molecule has 0 radical (unpaired) electrons. The van der Waals surface area contributed by atoms with Gasteiger partial charge in [0, 0.05) is 18.8 Å². The third kappa shape index (κ3) is 3.19. The number of anilines is 1. The number of likely N-dealkylation sites (tertiary alicyclic amines) is 1. The van der Waals surface area contributed by atoms with Crippen LogP contribution >= 0.6 is 23.8 Å². The summed E-state index contributed by atoms with van der Waals surface area (Å²) in [5, 5.41) is 0.629. The van der Waals surface area contributed by atoms with Gasteiger partial charge >= 0.3 is 0 Å². The number of nitrogens with two attached hydrogens (primary N) is 1. The SMILES string of the molecule is CN1CCC(N(C)c2cccc(Cl)c2C(N)=S)CC1. The summed E-state index contributed by atoms with van der Waals surface area (Å²) in [7, 11) is 4.26. The molecule has 1 aliphatic rings. The van der Waals surface area contributed by atoms with Gasteiger partial charge in [-0.3, -0.25) is 0 Å². The van der Waals surface area contributed by atoms with Crippen molar-refractivity contribution in [3.63, 3.8) is 0 Å². The van der Waals surface area contributed by atoms with Gasteiger partial charge in [0.05, 0.1) is 10.6 Å². The van der Waals surface area contributed by atoms with Crippen molar-refractivity contribution in [2.75, 3.05) is 32.1 Å². The lowest BCUT2D eigenvalue weighted by Crippen LogP contribution is -2.42. The van der Waals surface area contributed by atoms with Crippen LogP contribution in [-0.4, -0.2) is 43.1 Å². The zero-order chi connectivity index (χ0) is 14.0. The van der Waals surface area contributed by atoms with Gasteiger partial charge in [-0.25, -0.2) is 0 Å². The Hall–Kier alpha value is -0.840. The predicted molar refractivity (Wildman–Crippen MR) is 86.3 cm³/mol. The van der Waals surface area contributed by atoms with Crippen molar-refractivity contribution in [3.05, 3.63) is 28.8 Å². The maximum absolute atomic E-state index is 6.23. The minimum atomic E-state index is 0.361. The monoisotopic (exact) mass is 297 g/mol. The molecule has 0 saturated carbocycles. The minimum absolute atomic E-state index is 0.361. The van der Waals surface area contributed by atoms with E-state index >= 15 is 0 Å². The fraction of sp³-hybridized carbons (Fsp3) is 0.500. The molecule has 1 aromatic rings. The van der Waals surface area contributed by atoms with Gasteiger partial charge in [0.15, 0.2) is 0 Å². The van der Waals surface area contributed by atoms with Crippen LogP contribution in [0.4, 0.5) is 5.69 Å². The molecular formula is C14H20ClN3S. The molecule has 1 aromatic carbocycles. The van der Waals surface area contributed by atoms with Crippen LogP contribution in [0.15, 0.2) is 18.2 Å². The summed E-state index contributed by atoms with van der Waals surface area (Å²) in [6.45, 7) is 2.25. The quantitative estimate of drug-likeness (QED) is 0.869. The predicted octanol–water partition coefficient (Wildman–Crippen LogP) is 2.50. The molecule has 0 amide bonds. The first kappa shape index (κ1) is 14.6. The fourth-order valence-corrected chi connectivity index (χ4v) is 3.17. The number of piperidine rings is 1. The van der Waals surface area contributed by atoms with Crippen LogP contribution in [0.25, 0.3) is 0 Å². The second-order valence-electron chi connectivity index (χ2n) is 5.14. The third-order valence-corrected chi connectivity index (χ3v) is 4.37. The smallest absolute Gasteiger partial charge is 0.107 e. The maximum atomic E-state index is 6.23. The molecule has 0 atom stereocenters. The number of halogens is 1. The Morgan fingerprint density at radius 1 is 1.42 bits per heavy atom. The fourth-order valence-electron chi connectivity index (χ4n) is 2.63. The van der Waals surface area contributed by atoms with Crippen molar-refractivity contribution < 1.29 is 0 Å². The van der Waals surface area contributed by atoms with Crippen LogP contribution < -0.4 is 10.6 Å². The van der Waals surface area contributed by atoms with E-state index < -0.39 is 0 Å². The van der Waals surface area contributed by atoms with Crippen molar-refractivity contribution >= 4 is 34.5 Å². The van der Waals surface area contributed by atoms with E-state index in [-0.39, 0.29) is 0 Å². The van der Waals surface area contributed by atoms with Gasteiger partial charge in [0.2, 0.25) is 0 Å². The Labute approximate surface area is 125 Å². The average Bonchev–Trinajstić information content (AvgIpc) is 2.38. The number of hydrogen-bond donors (Lipinski definition) is 1. The molecule has 1 fully saturated rings. The molecule has 5 heteroatoms. The van der Waals surface area contributed by atoms with E-state index in [0.29, 0.717) is 16.1 Å². The highest BCUT2D eigenvalue weighted by Crippen LogP contribution is 2.30. The molecule has 0 aliphatic carbocycles.